The standard InChI is InChI=1S/C14H15Cl2FN2O/c1-3-19-13(14(16)9(2)18-19)8-20-12-5-10(7-15)4-11(17)6-12/h4-6H,3,7-8H2,1-2H3. The van der Waals surface area contributed by atoms with Crippen LogP contribution in [0.5, 0.6) is 5.75 Å². The van der Waals surface area contributed by atoms with Gasteiger partial charge in [-0.25, -0.2) is 4.39 Å². The second-order valence-corrected chi connectivity index (χ2v) is 5.02. The van der Waals surface area contributed by atoms with E-state index in [4.69, 9.17) is 27.9 Å². The molecule has 1 heterocycles. The molecule has 108 valence electrons. The molecule has 1 aromatic carbocycles. The van der Waals surface area contributed by atoms with Gasteiger partial charge in [0.05, 0.1) is 16.4 Å². The molecular weight excluding hydrogens is 302 g/mol. The third-order valence-electron chi connectivity index (χ3n) is 2.91. The SMILES string of the molecule is CCn1nc(C)c(Cl)c1COc1cc(F)cc(CCl)c1. The summed E-state index contributed by atoms with van der Waals surface area (Å²) >= 11 is 11.9. The van der Waals surface area contributed by atoms with Gasteiger partial charge in [0.15, 0.2) is 0 Å². The second kappa shape index (κ2) is 6.46. The van der Waals surface area contributed by atoms with E-state index in [1.807, 2.05) is 13.8 Å². The van der Waals surface area contributed by atoms with Crippen molar-refractivity contribution in [1.82, 2.24) is 9.78 Å². The van der Waals surface area contributed by atoms with Crippen LogP contribution in [-0.4, -0.2) is 9.78 Å². The van der Waals surface area contributed by atoms with Crippen LogP contribution in [0.3, 0.4) is 0 Å². The van der Waals surface area contributed by atoms with Gasteiger partial charge in [0.25, 0.3) is 0 Å². The van der Waals surface area contributed by atoms with Crippen molar-refractivity contribution in [1.29, 1.82) is 0 Å². The summed E-state index contributed by atoms with van der Waals surface area (Å²) in [7, 11) is 0. The lowest BCUT2D eigenvalue weighted by atomic mass is 10.2. The molecule has 0 aliphatic rings. The van der Waals surface area contributed by atoms with Crippen LogP contribution in [-0.2, 0) is 19.0 Å². The minimum Gasteiger partial charge on any atom is -0.487 e. The van der Waals surface area contributed by atoms with E-state index in [0.717, 1.165) is 11.4 Å². The topological polar surface area (TPSA) is 27.1 Å². The fourth-order valence-corrected chi connectivity index (χ4v) is 2.28. The maximum Gasteiger partial charge on any atom is 0.131 e. The van der Waals surface area contributed by atoms with Crippen molar-refractivity contribution in [2.75, 3.05) is 0 Å². The Kier molecular flexibility index (Phi) is 4.89. The van der Waals surface area contributed by atoms with Crippen LogP contribution >= 0.6 is 23.2 Å². The Morgan fingerprint density at radius 2 is 2.10 bits per heavy atom. The molecular formula is C14H15Cl2FN2O. The Morgan fingerprint density at radius 3 is 2.75 bits per heavy atom. The molecule has 20 heavy (non-hydrogen) atoms. The van der Waals surface area contributed by atoms with Gasteiger partial charge < -0.3 is 4.74 Å². The fourth-order valence-electron chi connectivity index (χ4n) is 1.94. The molecule has 0 spiro atoms. The number of aromatic nitrogens is 2. The number of halogens is 3. The summed E-state index contributed by atoms with van der Waals surface area (Å²) < 4.78 is 20.8. The van der Waals surface area contributed by atoms with Gasteiger partial charge in [-0.15, -0.1) is 11.6 Å². The molecule has 0 aliphatic carbocycles. The molecule has 6 heteroatoms. The van der Waals surface area contributed by atoms with Crippen molar-refractivity contribution in [3.63, 3.8) is 0 Å². The first-order valence-corrected chi connectivity index (χ1v) is 7.16. The van der Waals surface area contributed by atoms with Crippen LogP contribution < -0.4 is 4.74 Å². The number of benzene rings is 1. The molecule has 2 rings (SSSR count). The lowest BCUT2D eigenvalue weighted by Gasteiger charge is -2.09. The van der Waals surface area contributed by atoms with E-state index in [9.17, 15) is 4.39 Å². The fraction of sp³-hybridized carbons (Fsp3) is 0.357. The molecule has 0 saturated carbocycles. The minimum atomic E-state index is -0.371. The molecule has 0 saturated heterocycles. The summed E-state index contributed by atoms with van der Waals surface area (Å²) in [6.07, 6.45) is 0. The zero-order valence-electron chi connectivity index (χ0n) is 11.3. The van der Waals surface area contributed by atoms with Crippen LogP contribution in [0.2, 0.25) is 5.02 Å². The summed E-state index contributed by atoms with van der Waals surface area (Å²) in [5, 5.41) is 4.89. The summed E-state index contributed by atoms with van der Waals surface area (Å²) in [6.45, 7) is 4.74. The Labute approximate surface area is 127 Å². The maximum absolute atomic E-state index is 13.4. The van der Waals surface area contributed by atoms with Gasteiger partial charge in [-0.1, -0.05) is 11.6 Å². The maximum atomic E-state index is 13.4. The quantitative estimate of drug-likeness (QED) is 0.768. The monoisotopic (exact) mass is 316 g/mol. The third-order valence-corrected chi connectivity index (χ3v) is 3.71. The molecule has 1 aromatic heterocycles. The third kappa shape index (κ3) is 3.25. The predicted octanol–water partition coefficient (Wildman–Crippen LogP) is 4.32. The molecule has 0 amide bonds. The van der Waals surface area contributed by atoms with Gasteiger partial charge >= 0.3 is 0 Å². The van der Waals surface area contributed by atoms with Crippen LogP contribution in [0.1, 0.15) is 23.9 Å². The number of nitrogens with zero attached hydrogens (tertiary/aromatic N) is 2. The average molecular weight is 317 g/mol. The van der Waals surface area contributed by atoms with Crippen LogP contribution in [0.25, 0.3) is 0 Å². The van der Waals surface area contributed by atoms with Crippen LogP contribution in [0, 0.1) is 12.7 Å². The van der Waals surface area contributed by atoms with Crippen molar-refractivity contribution in [3.8, 4) is 5.75 Å². The summed E-state index contributed by atoms with van der Waals surface area (Å²) in [4.78, 5) is 0. The number of aryl methyl sites for hydroxylation is 2. The summed E-state index contributed by atoms with van der Waals surface area (Å²) in [6, 6.07) is 4.42. The van der Waals surface area contributed by atoms with Gasteiger partial charge in [0.2, 0.25) is 0 Å². The second-order valence-electron chi connectivity index (χ2n) is 4.38. The molecule has 3 nitrogen and oxygen atoms in total. The molecule has 2 aromatic rings. The highest BCUT2D eigenvalue weighted by atomic mass is 35.5. The van der Waals surface area contributed by atoms with Crippen molar-refractivity contribution in [3.05, 3.63) is 46.0 Å². The van der Waals surface area contributed by atoms with E-state index in [-0.39, 0.29) is 18.3 Å². The molecule has 0 fully saturated rings. The van der Waals surface area contributed by atoms with Crippen molar-refractivity contribution >= 4 is 23.2 Å². The number of hydrogen-bond donors (Lipinski definition) is 0. The summed E-state index contributed by atoms with van der Waals surface area (Å²) in [5.74, 6) is 0.295. The highest BCUT2D eigenvalue weighted by molar-refractivity contribution is 6.31. The molecule has 0 bridgehead atoms. The first-order chi connectivity index (χ1) is 9.55. The van der Waals surface area contributed by atoms with Gasteiger partial charge in [0, 0.05) is 18.5 Å². The number of hydrogen-bond acceptors (Lipinski definition) is 2. The Balaban J connectivity index is 2.18. The first kappa shape index (κ1) is 15.1. The van der Waals surface area contributed by atoms with Crippen molar-refractivity contribution < 1.29 is 9.13 Å². The highest BCUT2D eigenvalue weighted by Gasteiger charge is 2.13. The zero-order chi connectivity index (χ0) is 14.7. The molecule has 0 unspecified atom stereocenters. The highest BCUT2D eigenvalue weighted by Crippen LogP contribution is 2.23. The van der Waals surface area contributed by atoms with E-state index in [1.54, 1.807) is 10.7 Å². The minimum absolute atomic E-state index is 0.235. The predicted molar refractivity (Wildman–Crippen MR) is 77.9 cm³/mol. The van der Waals surface area contributed by atoms with E-state index in [1.165, 1.54) is 12.1 Å². The molecule has 0 N–H and O–H groups in total. The van der Waals surface area contributed by atoms with Crippen LogP contribution in [0.15, 0.2) is 18.2 Å². The molecule has 0 atom stereocenters. The van der Waals surface area contributed by atoms with Gasteiger partial charge in [-0.05, 0) is 31.5 Å². The van der Waals surface area contributed by atoms with E-state index < -0.39 is 0 Å². The number of alkyl halides is 1. The Morgan fingerprint density at radius 1 is 1.35 bits per heavy atom. The average Bonchev–Trinajstić information content (AvgIpc) is 2.71. The zero-order valence-corrected chi connectivity index (χ0v) is 12.8. The normalized spacial score (nSPS) is 10.8. The smallest absolute Gasteiger partial charge is 0.131 e. The van der Waals surface area contributed by atoms with E-state index >= 15 is 0 Å². The lowest BCUT2D eigenvalue weighted by Crippen LogP contribution is -2.06. The van der Waals surface area contributed by atoms with E-state index in [2.05, 4.69) is 5.10 Å². The van der Waals surface area contributed by atoms with Crippen molar-refractivity contribution in [2.24, 2.45) is 0 Å². The number of ether oxygens (including phenoxy) is 1. The van der Waals surface area contributed by atoms with Crippen LogP contribution in [0.4, 0.5) is 4.39 Å². The molecule has 0 radical (unpaired) electrons. The largest absolute Gasteiger partial charge is 0.487 e. The van der Waals surface area contributed by atoms with Crippen molar-refractivity contribution in [2.45, 2.75) is 32.9 Å². The van der Waals surface area contributed by atoms with Gasteiger partial charge in [0.1, 0.15) is 18.2 Å². The van der Waals surface area contributed by atoms with E-state index in [0.29, 0.717) is 22.9 Å². The first-order valence-electron chi connectivity index (χ1n) is 6.25. The van der Waals surface area contributed by atoms with Gasteiger partial charge in [-0.3, -0.25) is 4.68 Å². The Hall–Kier alpha value is -1.26. The number of rotatable bonds is 5. The Bertz CT molecular complexity index is 613. The molecule has 0 aliphatic heterocycles. The lowest BCUT2D eigenvalue weighted by molar-refractivity contribution is 0.291. The van der Waals surface area contributed by atoms with Gasteiger partial charge in [-0.2, -0.15) is 5.10 Å². The summed E-state index contributed by atoms with van der Waals surface area (Å²) in [5.41, 5.74) is 2.21.